The van der Waals surface area contributed by atoms with E-state index in [1.807, 2.05) is 18.2 Å². The minimum absolute atomic E-state index is 0.331. The molecule has 9 heteroatoms. The molecule has 2 aromatic carbocycles. The van der Waals surface area contributed by atoms with Gasteiger partial charge in [0.1, 0.15) is 20.1 Å². The maximum Gasteiger partial charge on any atom is 0.161 e. The first-order valence-electron chi connectivity index (χ1n) is 10.5. The van der Waals surface area contributed by atoms with Crippen LogP contribution in [0.1, 0.15) is 30.0 Å². The van der Waals surface area contributed by atoms with Crippen LogP contribution in [0.25, 0.3) is 11.4 Å². The van der Waals surface area contributed by atoms with Gasteiger partial charge < -0.3 is 9.47 Å². The monoisotopic (exact) mass is 562 g/mol. The van der Waals surface area contributed by atoms with E-state index >= 15 is 0 Å². The van der Waals surface area contributed by atoms with Gasteiger partial charge in [-0.25, -0.2) is 19.0 Å². The van der Waals surface area contributed by atoms with Gasteiger partial charge in [0.15, 0.2) is 17.3 Å². The van der Waals surface area contributed by atoms with Gasteiger partial charge in [-0.2, -0.15) is 0 Å². The van der Waals surface area contributed by atoms with Crippen LogP contribution in [0.3, 0.4) is 0 Å². The first-order chi connectivity index (χ1) is 15.5. The van der Waals surface area contributed by atoms with E-state index in [-0.39, 0.29) is 0 Å². The van der Waals surface area contributed by atoms with Gasteiger partial charge in [0.25, 0.3) is 0 Å². The molecule has 0 bridgehead atoms. The number of likely N-dealkylation sites (tertiary alicyclic amines) is 1. The highest BCUT2D eigenvalue weighted by atomic mass is 127. The fraction of sp³-hybridized carbons (Fsp3) is 0.304. The molecular weight excluding hydrogens is 539 g/mol. The van der Waals surface area contributed by atoms with E-state index in [4.69, 9.17) is 14.3 Å². The van der Waals surface area contributed by atoms with Crippen molar-refractivity contribution in [2.45, 2.75) is 30.3 Å². The molecule has 2 aliphatic heterocycles. The summed E-state index contributed by atoms with van der Waals surface area (Å²) in [5.74, 6) is 2.24. The summed E-state index contributed by atoms with van der Waals surface area (Å²) in [7, 11) is 0. The normalized spacial score (nSPS) is 20.1. The summed E-state index contributed by atoms with van der Waals surface area (Å²) in [6.07, 6.45) is 5.25. The molecule has 5 rings (SSSR count). The Morgan fingerprint density at radius 2 is 1.78 bits per heavy atom. The van der Waals surface area contributed by atoms with Gasteiger partial charge in [0, 0.05) is 51.7 Å². The number of halogens is 1. The lowest BCUT2D eigenvalue weighted by atomic mass is 10.0. The molecule has 0 amide bonds. The summed E-state index contributed by atoms with van der Waals surface area (Å²) in [4.78, 5) is 11.4. The first kappa shape index (κ1) is 21.6. The third-order valence-corrected chi connectivity index (χ3v) is 8.19. The van der Waals surface area contributed by atoms with Crippen LogP contribution in [0.4, 0.5) is 0 Å². The lowest BCUT2D eigenvalue weighted by molar-refractivity contribution is 0.170. The number of ether oxygens (including phenoxy) is 2. The Labute approximate surface area is 199 Å². The Bertz CT molecular complexity index is 1220. The summed E-state index contributed by atoms with van der Waals surface area (Å²) < 4.78 is 30.9. The molecule has 2 unspecified atom stereocenters. The average molecular weight is 562 g/mol. The van der Waals surface area contributed by atoms with Crippen molar-refractivity contribution < 1.29 is 13.7 Å². The molecule has 1 fully saturated rings. The highest BCUT2D eigenvalue weighted by Gasteiger charge is 2.27. The van der Waals surface area contributed by atoms with E-state index in [1.165, 1.54) is 29.9 Å². The van der Waals surface area contributed by atoms with E-state index in [1.54, 1.807) is 21.2 Å². The molecule has 2 aliphatic rings. The summed E-state index contributed by atoms with van der Waals surface area (Å²) in [5.41, 5.74) is 3.41. The molecule has 166 valence electrons. The second kappa shape index (κ2) is 8.95. The van der Waals surface area contributed by atoms with Crippen LogP contribution in [0.15, 0.2) is 59.8 Å². The Kier molecular flexibility index (Phi) is 6.04. The maximum atomic E-state index is 11.8. The Hall–Kier alpha value is -2.24. The van der Waals surface area contributed by atoms with Crippen molar-refractivity contribution in [2.75, 3.05) is 19.8 Å². The van der Waals surface area contributed by atoms with Crippen LogP contribution in [-0.4, -0.2) is 38.8 Å². The van der Waals surface area contributed by atoms with Crippen LogP contribution in [-0.2, 0) is 13.4 Å². The van der Waals surface area contributed by atoms with Crippen LogP contribution < -0.4 is 9.47 Å². The summed E-state index contributed by atoms with van der Waals surface area (Å²) >= 11 is 1.61. The highest BCUT2D eigenvalue weighted by Crippen LogP contribution is 2.38. The van der Waals surface area contributed by atoms with Gasteiger partial charge in [-0.3, -0.25) is 4.90 Å². The lowest BCUT2D eigenvalue weighted by Crippen LogP contribution is -2.23. The topological polar surface area (TPSA) is 88.4 Å². The van der Waals surface area contributed by atoms with Crippen LogP contribution in [0.5, 0.6) is 11.5 Å². The van der Waals surface area contributed by atoms with Crippen molar-refractivity contribution in [3.05, 3.63) is 66.0 Å². The molecule has 3 aromatic rings. The Morgan fingerprint density at radius 1 is 1.06 bits per heavy atom. The largest absolute Gasteiger partial charge is 0.486 e. The number of nitrogens with zero attached hydrogens (tertiary/aromatic N) is 3. The number of hydrogen-bond acceptors (Lipinski definition) is 7. The van der Waals surface area contributed by atoms with Gasteiger partial charge in [-0.15, -0.1) is 0 Å². The van der Waals surface area contributed by atoms with Gasteiger partial charge in [-0.05, 0) is 42.6 Å². The number of aromatic nitrogens is 2. The molecule has 0 spiro atoms. The third kappa shape index (κ3) is 4.60. The zero-order chi connectivity index (χ0) is 22.1. The second-order valence-electron chi connectivity index (χ2n) is 7.96. The highest BCUT2D eigenvalue weighted by molar-refractivity contribution is 14.2. The molecule has 2 atom stereocenters. The third-order valence-electron chi connectivity index (χ3n) is 5.84. The van der Waals surface area contributed by atoms with E-state index in [0.717, 1.165) is 36.6 Å². The molecule has 32 heavy (non-hydrogen) atoms. The van der Waals surface area contributed by atoms with E-state index < -0.39 is 6.90 Å². The molecule has 3 heterocycles. The fourth-order valence-electron chi connectivity index (χ4n) is 4.25. The molecule has 0 radical (unpaired) electrons. The van der Waals surface area contributed by atoms with Crippen LogP contribution >= 0.6 is 21.2 Å². The van der Waals surface area contributed by atoms with Gasteiger partial charge in [0.2, 0.25) is 0 Å². The van der Waals surface area contributed by atoms with Crippen molar-refractivity contribution in [2.24, 2.45) is 0 Å². The zero-order valence-electron chi connectivity index (χ0n) is 17.4. The SMILES string of the molecule is N=S(=O)(I)c1cnc(-c2ccc(CN3CCCC3c3ccc4c(c3)OCCO4)cc2)nc1. The fourth-order valence-corrected chi connectivity index (χ4v) is 5.31. The predicted octanol–water partition coefficient (Wildman–Crippen LogP) is 5.01. The van der Waals surface area contributed by atoms with E-state index in [0.29, 0.717) is 30.0 Å². The minimum atomic E-state index is -2.83. The number of benzene rings is 2. The molecule has 1 aromatic heterocycles. The van der Waals surface area contributed by atoms with Gasteiger partial charge in [0.05, 0.1) is 4.90 Å². The molecule has 0 aliphatic carbocycles. The summed E-state index contributed by atoms with van der Waals surface area (Å²) in [5, 5.41) is 0. The first-order valence-corrected chi connectivity index (χ1v) is 14.6. The van der Waals surface area contributed by atoms with Crippen molar-refractivity contribution in [3.63, 3.8) is 0 Å². The molecular formula is C23H23IN4O3S. The molecule has 1 N–H and O–H groups in total. The summed E-state index contributed by atoms with van der Waals surface area (Å²) in [6.45, 7) is 0.311. The van der Waals surface area contributed by atoms with Crippen molar-refractivity contribution in [3.8, 4) is 22.9 Å². The smallest absolute Gasteiger partial charge is 0.161 e. The Morgan fingerprint density at radius 3 is 2.50 bits per heavy atom. The molecule has 1 saturated heterocycles. The number of rotatable bonds is 5. The lowest BCUT2D eigenvalue weighted by Gasteiger charge is -2.26. The predicted molar refractivity (Wildman–Crippen MR) is 130 cm³/mol. The van der Waals surface area contributed by atoms with Gasteiger partial charge >= 0.3 is 0 Å². The van der Waals surface area contributed by atoms with Crippen molar-refractivity contribution in [1.29, 1.82) is 4.78 Å². The number of fused-ring (bicyclic) bond motifs is 1. The van der Waals surface area contributed by atoms with Gasteiger partial charge in [-0.1, -0.05) is 30.3 Å². The van der Waals surface area contributed by atoms with E-state index in [9.17, 15) is 4.21 Å². The molecule has 0 saturated carbocycles. The maximum absolute atomic E-state index is 11.8. The molecule has 7 nitrogen and oxygen atoms in total. The van der Waals surface area contributed by atoms with Crippen LogP contribution in [0, 0.1) is 4.78 Å². The van der Waals surface area contributed by atoms with Crippen molar-refractivity contribution in [1.82, 2.24) is 14.9 Å². The zero-order valence-corrected chi connectivity index (χ0v) is 20.3. The van der Waals surface area contributed by atoms with Crippen LogP contribution in [0.2, 0.25) is 0 Å². The number of hydrogen-bond donors (Lipinski definition) is 1. The second-order valence-corrected chi connectivity index (χ2v) is 13.1. The standard InChI is InChI=1S/C23H23IN4O3S/c24-32(25,29)19-13-26-23(27-14-19)17-5-3-16(4-6-17)15-28-9-1-2-20(28)18-7-8-21-22(12-18)31-11-10-30-21/h3-8,12-14,20,25H,1-2,9-11,15H2. The quantitative estimate of drug-likeness (QED) is 0.348. The number of nitrogens with one attached hydrogen (secondary N) is 1. The van der Waals surface area contributed by atoms with Crippen molar-refractivity contribution >= 4 is 28.1 Å². The summed E-state index contributed by atoms with van der Waals surface area (Å²) in [6, 6.07) is 14.9. The van der Waals surface area contributed by atoms with E-state index in [2.05, 4.69) is 39.1 Å². The Balaban J connectivity index is 1.30. The minimum Gasteiger partial charge on any atom is -0.486 e. The average Bonchev–Trinajstić information content (AvgIpc) is 3.27.